The van der Waals surface area contributed by atoms with Crippen LogP contribution in [0.4, 0.5) is 0 Å². The number of hydrogen-bond acceptors (Lipinski definition) is 5. The molecule has 1 atom stereocenters. The topological polar surface area (TPSA) is 49.3 Å². The summed E-state index contributed by atoms with van der Waals surface area (Å²) >= 11 is 1.99. The fourth-order valence-corrected chi connectivity index (χ4v) is 3.95. The van der Waals surface area contributed by atoms with Gasteiger partial charge in [-0.2, -0.15) is 11.8 Å². The molecule has 2 heterocycles. The Balaban J connectivity index is 1.55. The second kappa shape index (κ2) is 8.30. The van der Waals surface area contributed by atoms with E-state index in [1.54, 1.807) is 12.4 Å². The highest BCUT2D eigenvalue weighted by molar-refractivity contribution is 7.99. The molecule has 1 aliphatic carbocycles. The van der Waals surface area contributed by atoms with Gasteiger partial charge in [0.05, 0.1) is 5.56 Å². The van der Waals surface area contributed by atoms with E-state index in [1.807, 2.05) is 16.7 Å². The highest BCUT2D eigenvalue weighted by Crippen LogP contribution is 2.37. The Morgan fingerprint density at radius 3 is 2.67 bits per heavy atom. The molecule has 132 valence electrons. The van der Waals surface area contributed by atoms with Crippen LogP contribution in [-0.2, 0) is 0 Å². The average molecular weight is 349 g/mol. The molecular formula is C18H28N4OS. The molecule has 0 bridgehead atoms. The van der Waals surface area contributed by atoms with E-state index in [2.05, 4.69) is 28.7 Å². The molecule has 3 rings (SSSR count). The summed E-state index contributed by atoms with van der Waals surface area (Å²) < 4.78 is 0. The first-order valence-corrected chi connectivity index (χ1v) is 10.3. The Hall–Kier alpha value is -1.14. The summed E-state index contributed by atoms with van der Waals surface area (Å²) in [4.78, 5) is 26.0. The van der Waals surface area contributed by atoms with Gasteiger partial charge in [0, 0.05) is 56.3 Å². The van der Waals surface area contributed by atoms with E-state index in [0.29, 0.717) is 17.5 Å². The van der Waals surface area contributed by atoms with Crippen molar-refractivity contribution in [2.75, 3.05) is 37.7 Å². The molecule has 1 aromatic heterocycles. The van der Waals surface area contributed by atoms with Crippen LogP contribution in [0, 0.1) is 0 Å². The molecule has 5 nitrogen and oxygen atoms in total. The number of carbonyl (C=O) groups excluding carboxylic acids is 1. The van der Waals surface area contributed by atoms with Gasteiger partial charge < -0.3 is 4.90 Å². The average Bonchev–Trinajstić information content (AvgIpc) is 3.45. The van der Waals surface area contributed by atoms with Gasteiger partial charge in [0.2, 0.25) is 0 Å². The van der Waals surface area contributed by atoms with Crippen molar-refractivity contribution in [3.63, 3.8) is 0 Å². The van der Waals surface area contributed by atoms with Crippen LogP contribution >= 0.6 is 11.8 Å². The van der Waals surface area contributed by atoms with Gasteiger partial charge in [-0.25, -0.2) is 9.97 Å². The first-order chi connectivity index (χ1) is 11.7. The Labute approximate surface area is 149 Å². The summed E-state index contributed by atoms with van der Waals surface area (Å²) in [5, 5.41) is 0. The fourth-order valence-electron chi connectivity index (χ4n) is 3.16. The third-order valence-corrected chi connectivity index (χ3v) is 5.99. The molecule has 6 heteroatoms. The number of nitrogens with zero attached hydrogens (tertiary/aromatic N) is 4. The molecule has 1 amide bonds. The van der Waals surface area contributed by atoms with Crippen molar-refractivity contribution in [3.05, 3.63) is 23.8 Å². The van der Waals surface area contributed by atoms with Crippen molar-refractivity contribution in [1.82, 2.24) is 19.8 Å². The zero-order valence-corrected chi connectivity index (χ0v) is 15.6. The van der Waals surface area contributed by atoms with Crippen molar-refractivity contribution >= 4 is 17.7 Å². The van der Waals surface area contributed by atoms with Crippen molar-refractivity contribution in [1.29, 1.82) is 0 Å². The summed E-state index contributed by atoms with van der Waals surface area (Å²) in [7, 11) is 0. The lowest BCUT2D eigenvalue weighted by molar-refractivity contribution is 0.0758. The van der Waals surface area contributed by atoms with Gasteiger partial charge in [0.1, 0.15) is 5.82 Å². The molecule has 1 aromatic rings. The largest absolute Gasteiger partial charge is 0.337 e. The molecule has 1 unspecified atom stereocenters. The van der Waals surface area contributed by atoms with Crippen molar-refractivity contribution in [2.45, 2.75) is 45.1 Å². The molecule has 0 N–H and O–H groups in total. The predicted molar refractivity (Wildman–Crippen MR) is 98.6 cm³/mol. The number of hydrogen-bond donors (Lipinski definition) is 0. The minimum atomic E-state index is 0.0785. The number of thioether (sulfide) groups is 1. The summed E-state index contributed by atoms with van der Waals surface area (Å²) in [6.07, 6.45) is 6.83. The monoisotopic (exact) mass is 348 g/mol. The Bertz CT molecular complexity index is 546. The van der Waals surface area contributed by atoms with Gasteiger partial charge >= 0.3 is 0 Å². The molecule has 1 saturated heterocycles. The highest BCUT2D eigenvalue weighted by atomic mass is 32.2. The van der Waals surface area contributed by atoms with Crippen LogP contribution in [0.15, 0.2) is 12.4 Å². The van der Waals surface area contributed by atoms with Crippen LogP contribution in [0.3, 0.4) is 0 Å². The Kier molecular flexibility index (Phi) is 6.11. The molecule has 2 fully saturated rings. The predicted octanol–water partition coefficient (Wildman–Crippen LogP) is 2.64. The van der Waals surface area contributed by atoms with E-state index in [-0.39, 0.29) is 5.91 Å². The van der Waals surface area contributed by atoms with Crippen molar-refractivity contribution < 1.29 is 4.79 Å². The second-order valence-electron chi connectivity index (χ2n) is 6.79. The van der Waals surface area contributed by atoms with Crippen LogP contribution in [0.2, 0.25) is 0 Å². The smallest absolute Gasteiger partial charge is 0.257 e. The number of carbonyl (C=O) groups is 1. The SMILES string of the molecule is CCSCC(C)N1CCCN(C(=O)c2cnc(C3CC3)nc2)CC1. The zero-order chi connectivity index (χ0) is 16.9. The molecule has 1 saturated carbocycles. The molecule has 1 aliphatic heterocycles. The van der Waals surface area contributed by atoms with E-state index >= 15 is 0 Å². The van der Waals surface area contributed by atoms with Crippen molar-refractivity contribution in [3.8, 4) is 0 Å². The summed E-state index contributed by atoms with van der Waals surface area (Å²) in [6.45, 7) is 8.16. The minimum absolute atomic E-state index is 0.0785. The molecule has 2 aliphatic rings. The van der Waals surface area contributed by atoms with Crippen LogP contribution in [-0.4, -0.2) is 69.4 Å². The molecular weight excluding hydrogens is 320 g/mol. The summed E-state index contributed by atoms with van der Waals surface area (Å²) in [6, 6.07) is 0.575. The quantitative estimate of drug-likeness (QED) is 0.791. The third kappa shape index (κ3) is 4.48. The lowest BCUT2D eigenvalue weighted by atomic mass is 10.2. The Morgan fingerprint density at radius 1 is 1.25 bits per heavy atom. The van der Waals surface area contributed by atoms with E-state index in [9.17, 15) is 4.79 Å². The maximum atomic E-state index is 12.7. The minimum Gasteiger partial charge on any atom is -0.337 e. The molecule has 24 heavy (non-hydrogen) atoms. The highest BCUT2D eigenvalue weighted by Gasteiger charge is 2.27. The van der Waals surface area contributed by atoms with Gasteiger partial charge in [-0.05, 0) is 31.9 Å². The van der Waals surface area contributed by atoms with Gasteiger partial charge in [0.25, 0.3) is 5.91 Å². The third-order valence-electron chi connectivity index (χ3n) is 4.87. The van der Waals surface area contributed by atoms with Gasteiger partial charge in [-0.1, -0.05) is 6.92 Å². The van der Waals surface area contributed by atoms with E-state index < -0.39 is 0 Å². The number of amides is 1. The van der Waals surface area contributed by atoms with E-state index in [4.69, 9.17) is 0 Å². The maximum Gasteiger partial charge on any atom is 0.257 e. The molecule has 0 radical (unpaired) electrons. The van der Waals surface area contributed by atoms with E-state index in [1.165, 1.54) is 24.3 Å². The summed E-state index contributed by atoms with van der Waals surface area (Å²) in [5.74, 6) is 3.84. The molecule has 0 aromatic carbocycles. The lowest BCUT2D eigenvalue weighted by Gasteiger charge is -2.27. The second-order valence-corrected chi connectivity index (χ2v) is 8.11. The Morgan fingerprint density at radius 2 is 2.00 bits per heavy atom. The lowest BCUT2D eigenvalue weighted by Crippen LogP contribution is -2.39. The van der Waals surface area contributed by atoms with Crippen LogP contribution < -0.4 is 0 Å². The normalized spacial score (nSPS) is 20.7. The van der Waals surface area contributed by atoms with Crippen LogP contribution in [0.25, 0.3) is 0 Å². The maximum absolute atomic E-state index is 12.7. The number of rotatable bonds is 6. The van der Waals surface area contributed by atoms with Crippen molar-refractivity contribution in [2.24, 2.45) is 0 Å². The van der Waals surface area contributed by atoms with Gasteiger partial charge in [-0.3, -0.25) is 9.69 Å². The standard InChI is InChI=1S/C18H28N4OS/c1-3-24-13-14(2)21-7-4-8-22(10-9-21)18(23)16-11-19-17(20-12-16)15-5-6-15/h11-12,14-15H,3-10,13H2,1-2H3. The fraction of sp³-hybridized carbons (Fsp3) is 0.722. The van der Waals surface area contributed by atoms with Gasteiger partial charge in [-0.15, -0.1) is 0 Å². The zero-order valence-electron chi connectivity index (χ0n) is 14.8. The number of aromatic nitrogens is 2. The van der Waals surface area contributed by atoms with E-state index in [0.717, 1.165) is 38.4 Å². The first-order valence-electron chi connectivity index (χ1n) is 9.12. The van der Waals surface area contributed by atoms with Crippen LogP contribution in [0.1, 0.15) is 55.2 Å². The summed E-state index contributed by atoms with van der Waals surface area (Å²) in [5.41, 5.74) is 0.627. The first kappa shape index (κ1) is 17.7. The van der Waals surface area contributed by atoms with Gasteiger partial charge in [0.15, 0.2) is 0 Å². The molecule has 0 spiro atoms. The van der Waals surface area contributed by atoms with Crippen LogP contribution in [0.5, 0.6) is 0 Å².